The Kier molecular flexibility index (Phi) is 4.55. The normalized spacial score (nSPS) is 24.0. The second-order valence-electron chi connectivity index (χ2n) is 5.64. The van der Waals surface area contributed by atoms with Crippen LogP contribution >= 0.6 is 11.6 Å². The van der Waals surface area contributed by atoms with E-state index in [1.807, 2.05) is 13.8 Å². The lowest BCUT2D eigenvalue weighted by atomic mass is 9.94. The summed E-state index contributed by atoms with van der Waals surface area (Å²) in [7, 11) is -3.82. The molecule has 0 N–H and O–H groups in total. The molecular formula is C13H17ClN2O4S. The zero-order valence-electron chi connectivity index (χ0n) is 11.8. The minimum atomic E-state index is -3.82. The number of sulfonamides is 1. The van der Waals surface area contributed by atoms with Crippen LogP contribution < -0.4 is 0 Å². The van der Waals surface area contributed by atoms with Gasteiger partial charge in [-0.3, -0.25) is 10.1 Å². The summed E-state index contributed by atoms with van der Waals surface area (Å²) in [6, 6.07) is 3.48. The van der Waals surface area contributed by atoms with Crippen molar-refractivity contribution in [2.45, 2.75) is 25.2 Å². The molecule has 1 aromatic rings. The summed E-state index contributed by atoms with van der Waals surface area (Å²) in [5.41, 5.74) is -0.281. The maximum atomic E-state index is 12.7. The molecule has 21 heavy (non-hydrogen) atoms. The van der Waals surface area contributed by atoms with Crippen molar-refractivity contribution in [1.82, 2.24) is 4.31 Å². The van der Waals surface area contributed by atoms with Crippen LogP contribution in [0.5, 0.6) is 0 Å². The summed E-state index contributed by atoms with van der Waals surface area (Å²) in [6.07, 6.45) is 0.967. The van der Waals surface area contributed by atoms with Gasteiger partial charge in [-0.15, -0.1) is 0 Å². The molecule has 0 bridgehead atoms. The van der Waals surface area contributed by atoms with Crippen LogP contribution in [0.1, 0.15) is 20.3 Å². The molecule has 1 aliphatic rings. The van der Waals surface area contributed by atoms with Crippen LogP contribution in [-0.2, 0) is 10.0 Å². The van der Waals surface area contributed by atoms with E-state index in [9.17, 15) is 18.5 Å². The standard InChI is InChI=1S/C13H17ClN2O4S/c1-9-5-10(2)8-15(7-9)21(19,20)13-6-11(16(17)18)3-4-12(13)14/h3-4,6,9-10H,5,7-8H2,1-2H3. The van der Waals surface area contributed by atoms with E-state index >= 15 is 0 Å². The van der Waals surface area contributed by atoms with Crippen molar-refractivity contribution in [3.05, 3.63) is 33.3 Å². The van der Waals surface area contributed by atoms with Crippen LogP contribution in [0.4, 0.5) is 5.69 Å². The Bertz CT molecular complexity index is 652. The molecule has 2 unspecified atom stereocenters. The third kappa shape index (κ3) is 3.36. The van der Waals surface area contributed by atoms with Crippen molar-refractivity contribution in [3.63, 3.8) is 0 Å². The van der Waals surface area contributed by atoms with E-state index in [4.69, 9.17) is 11.6 Å². The first-order chi connectivity index (χ1) is 9.71. The lowest BCUT2D eigenvalue weighted by molar-refractivity contribution is -0.385. The van der Waals surface area contributed by atoms with Crippen LogP contribution in [0.25, 0.3) is 0 Å². The van der Waals surface area contributed by atoms with Crippen molar-refractivity contribution >= 4 is 27.3 Å². The quantitative estimate of drug-likeness (QED) is 0.629. The molecule has 0 radical (unpaired) electrons. The molecule has 116 valence electrons. The van der Waals surface area contributed by atoms with Crippen LogP contribution in [0.3, 0.4) is 0 Å². The van der Waals surface area contributed by atoms with E-state index in [2.05, 4.69) is 0 Å². The van der Waals surface area contributed by atoms with E-state index in [0.717, 1.165) is 12.5 Å². The Morgan fingerprint density at radius 3 is 2.38 bits per heavy atom. The predicted octanol–water partition coefficient (Wildman–Crippen LogP) is 2.91. The number of non-ortho nitro benzene ring substituents is 1. The lowest BCUT2D eigenvalue weighted by Crippen LogP contribution is -2.42. The van der Waals surface area contributed by atoms with Gasteiger partial charge in [0.1, 0.15) is 4.90 Å². The summed E-state index contributed by atoms with van der Waals surface area (Å²) < 4.78 is 26.8. The fourth-order valence-corrected chi connectivity index (χ4v) is 4.92. The van der Waals surface area contributed by atoms with Crippen LogP contribution in [0.15, 0.2) is 23.1 Å². The topological polar surface area (TPSA) is 80.5 Å². The van der Waals surface area contributed by atoms with Gasteiger partial charge < -0.3 is 0 Å². The molecule has 8 heteroatoms. The van der Waals surface area contributed by atoms with E-state index in [1.54, 1.807) is 0 Å². The number of hydrogen-bond acceptors (Lipinski definition) is 4. The molecule has 0 amide bonds. The highest BCUT2D eigenvalue weighted by Crippen LogP contribution is 2.32. The third-order valence-electron chi connectivity index (χ3n) is 3.58. The minimum absolute atomic E-state index is 0.00600. The largest absolute Gasteiger partial charge is 0.270 e. The predicted molar refractivity (Wildman–Crippen MR) is 79.8 cm³/mol. The van der Waals surface area contributed by atoms with Crippen LogP contribution in [0, 0.1) is 22.0 Å². The Morgan fingerprint density at radius 2 is 1.86 bits per heavy atom. The first-order valence-electron chi connectivity index (χ1n) is 6.66. The first-order valence-corrected chi connectivity index (χ1v) is 8.47. The van der Waals surface area contributed by atoms with Crippen molar-refractivity contribution in [3.8, 4) is 0 Å². The average Bonchev–Trinajstić information content (AvgIpc) is 2.37. The number of piperidine rings is 1. The zero-order chi connectivity index (χ0) is 15.8. The fourth-order valence-electron chi connectivity index (χ4n) is 2.74. The van der Waals surface area contributed by atoms with Crippen LogP contribution in [-0.4, -0.2) is 30.7 Å². The highest BCUT2D eigenvalue weighted by Gasteiger charge is 2.33. The van der Waals surface area contributed by atoms with Crippen molar-refractivity contribution in [2.75, 3.05) is 13.1 Å². The van der Waals surface area contributed by atoms with Gasteiger partial charge in [0.05, 0.1) is 9.95 Å². The Morgan fingerprint density at radius 1 is 1.29 bits per heavy atom. The molecule has 0 saturated carbocycles. The molecule has 1 heterocycles. The van der Waals surface area contributed by atoms with Gasteiger partial charge in [-0.25, -0.2) is 8.42 Å². The van der Waals surface area contributed by atoms with Gasteiger partial charge in [0.15, 0.2) is 0 Å². The van der Waals surface area contributed by atoms with Gasteiger partial charge in [0, 0.05) is 25.2 Å². The summed E-state index contributed by atoms with van der Waals surface area (Å²) >= 11 is 5.95. The molecule has 0 spiro atoms. The number of nitro groups is 1. The molecule has 0 aliphatic carbocycles. The molecular weight excluding hydrogens is 316 g/mol. The van der Waals surface area contributed by atoms with Gasteiger partial charge >= 0.3 is 0 Å². The minimum Gasteiger partial charge on any atom is -0.258 e. The first kappa shape index (κ1) is 16.2. The van der Waals surface area contributed by atoms with Gasteiger partial charge in [-0.1, -0.05) is 25.4 Å². The van der Waals surface area contributed by atoms with Crippen molar-refractivity contribution < 1.29 is 13.3 Å². The molecule has 2 rings (SSSR count). The summed E-state index contributed by atoms with van der Waals surface area (Å²) in [5, 5.41) is 10.8. The van der Waals surface area contributed by atoms with Crippen LogP contribution in [0.2, 0.25) is 5.02 Å². The number of rotatable bonds is 3. The summed E-state index contributed by atoms with van der Waals surface area (Å²) in [5.74, 6) is 0.502. The monoisotopic (exact) mass is 332 g/mol. The molecule has 1 aromatic carbocycles. The van der Waals surface area contributed by atoms with Crippen molar-refractivity contribution in [1.29, 1.82) is 0 Å². The maximum Gasteiger partial charge on any atom is 0.270 e. The number of benzene rings is 1. The Hall–Kier alpha value is -1.18. The van der Waals surface area contributed by atoms with E-state index in [0.29, 0.717) is 13.1 Å². The Balaban J connectivity index is 2.44. The van der Waals surface area contributed by atoms with Gasteiger partial charge in [-0.05, 0) is 24.3 Å². The fraction of sp³-hybridized carbons (Fsp3) is 0.538. The van der Waals surface area contributed by atoms with Gasteiger partial charge in [0.25, 0.3) is 5.69 Å². The smallest absolute Gasteiger partial charge is 0.258 e. The lowest BCUT2D eigenvalue weighted by Gasteiger charge is -2.34. The van der Waals surface area contributed by atoms with E-state index < -0.39 is 14.9 Å². The van der Waals surface area contributed by atoms with E-state index in [-0.39, 0.29) is 27.4 Å². The highest BCUT2D eigenvalue weighted by atomic mass is 35.5. The average molecular weight is 333 g/mol. The van der Waals surface area contributed by atoms with Crippen molar-refractivity contribution in [2.24, 2.45) is 11.8 Å². The van der Waals surface area contributed by atoms with Gasteiger partial charge in [0.2, 0.25) is 10.0 Å². The second kappa shape index (κ2) is 5.90. The second-order valence-corrected chi connectivity index (χ2v) is 7.95. The third-order valence-corrected chi connectivity index (χ3v) is 5.89. The van der Waals surface area contributed by atoms with E-state index in [1.165, 1.54) is 16.4 Å². The van der Waals surface area contributed by atoms with Gasteiger partial charge in [-0.2, -0.15) is 4.31 Å². The Labute approximate surface area is 128 Å². The highest BCUT2D eigenvalue weighted by molar-refractivity contribution is 7.89. The molecule has 1 saturated heterocycles. The molecule has 0 aromatic heterocycles. The summed E-state index contributed by atoms with van der Waals surface area (Å²) in [6.45, 7) is 4.80. The molecule has 1 fully saturated rings. The molecule has 6 nitrogen and oxygen atoms in total. The summed E-state index contributed by atoms with van der Waals surface area (Å²) in [4.78, 5) is 10.0. The maximum absolute atomic E-state index is 12.7. The zero-order valence-corrected chi connectivity index (χ0v) is 13.4. The number of nitrogens with zero attached hydrogens (tertiary/aromatic N) is 2. The number of nitro benzene ring substituents is 1. The molecule has 1 aliphatic heterocycles. The SMILES string of the molecule is CC1CC(C)CN(S(=O)(=O)c2cc([N+](=O)[O-])ccc2Cl)C1. The number of halogens is 1. The number of hydrogen-bond donors (Lipinski definition) is 0. The molecule has 2 atom stereocenters.